The van der Waals surface area contributed by atoms with Crippen molar-refractivity contribution >= 4 is 22.8 Å². The van der Waals surface area contributed by atoms with Crippen molar-refractivity contribution in [1.29, 1.82) is 5.26 Å². The number of hydrogen-bond acceptors (Lipinski definition) is 5. The van der Waals surface area contributed by atoms with Crippen LogP contribution in [-0.2, 0) is 0 Å². The number of amides is 1. The highest BCUT2D eigenvalue weighted by Gasteiger charge is 2.18. The quantitative estimate of drug-likeness (QED) is 0.708. The number of likely N-dealkylation sites (N-methyl/N-ethyl adjacent to an activating group) is 1. The number of rotatable bonds is 3. The number of allylic oxidation sites excluding steroid dienone is 2. The summed E-state index contributed by atoms with van der Waals surface area (Å²) in [4.78, 5) is 25.2. The van der Waals surface area contributed by atoms with Crippen molar-refractivity contribution in [3.05, 3.63) is 78.2 Å². The van der Waals surface area contributed by atoms with Crippen LogP contribution in [-0.4, -0.2) is 45.8 Å². The number of imidazole rings is 1. The van der Waals surface area contributed by atoms with Gasteiger partial charge in [-0.1, -0.05) is 12.2 Å². The maximum Gasteiger partial charge on any atom is 0.278 e. The van der Waals surface area contributed by atoms with E-state index in [0.717, 1.165) is 17.8 Å². The first-order valence-electron chi connectivity index (χ1n) is 8.77. The molecule has 0 atom stereocenters. The number of benzene rings is 1. The number of hydrogen-bond donors (Lipinski definition) is 0. The van der Waals surface area contributed by atoms with E-state index >= 15 is 0 Å². The molecule has 0 spiro atoms. The highest BCUT2D eigenvalue weighted by molar-refractivity contribution is 6.04. The molecule has 0 saturated carbocycles. The van der Waals surface area contributed by atoms with Crippen molar-refractivity contribution in [3.63, 3.8) is 0 Å². The molecule has 0 N–H and O–H groups in total. The molecule has 7 nitrogen and oxygen atoms in total. The largest absolute Gasteiger partial charge is 0.376 e. The topological polar surface area (TPSA) is 77.5 Å². The van der Waals surface area contributed by atoms with Crippen molar-refractivity contribution in [2.24, 2.45) is 0 Å². The minimum atomic E-state index is -0.239. The van der Waals surface area contributed by atoms with Gasteiger partial charge in [0.1, 0.15) is 5.69 Å². The van der Waals surface area contributed by atoms with E-state index < -0.39 is 0 Å². The fourth-order valence-corrected chi connectivity index (χ4v) is 3.09. The molecule has 1 aliphatic heterocycles. The molecule has 4 rings (SSSR count). The molecular formula is C21H18N6O. The summed E-state index contributed by atoms with van der Waals surface area (Å²) < 4.78 is 1.88. The molecular weight excluding hydrogens is 352 g/mol. The van der Waals surface area contributed by atoms with E-state index in [-0.39, 0.29) is 5.91 Å². The predicted molar refractivity (Wildman–Crippen MR) is 107 cm³/mol. The summed E-state index contributed by atoms with van der Waals surface area (Å²) in [7, 11) is 3.70. The Hall–Kier alpha value is -3.92. The molecule has 1 aliphatic rings. The fourth-order valence-electron chi connectivity index (χ4n) is 3.09. The summed E-state index contributed by atoms with van der Waals surface area (Å²) in [5, 5.41) is 8.92. The van der Waals surface area contributed by atoms with Crippen LogP contribution in [0, 0.1) is 11.3 Å². The van der Waals surface area contributed by atoms with Crippen molar-refractivity contribution in [2.45, 2.75) is 0 Å². The zero-order valence-electron chi connectivity index (χ0n) is 15.6. The minimum absolute atomic E-state index is 0.239. The highest BCUT2D eigenvalue weighted by Crippen LogP contribution is 2.22. The summed E-state index contributed by atoms with van der Waals surface area (Å²) in [6.07, 6.45) is 11.3. The lowest BCUT2D eigenvalue weighted by atomic mass is 10.1. The summed E-state index contributed by atoms with van der Waals surface area (Å²) in [5.74, 6) is -0.239. The Morgan fingerprint density at radius 2 is 2.00 bits per heavy atom. The standard InChI is InChI=1S/C21H18N6O/c1-25-9-3-4-16(13-25)19-11-24-20-12-23-18(14-27(19)20)21(28)26(2)17-7-5-15(10-22)6-8-17/h3-8,11-14H,9H2,1-2H3. The molecule has 1 amide bonds. The van der Waals surface area contributed by atoms with Gasteiger partial charge in [0.25, 0.3) is 5.91 Å². The van der Waals surface area contributed by atoms with Crippen LogP contribution >= 0.6 is 0 Å². The fraction of sp³-hybridized carbons (Fsp3) is 0.143. The molecule has 0 saturated heterocycles. The lowest BCUT2D eigenvalue weighted by molar-refractivity contribution is 0.0988. The molecule has 0 fully saturated rings. The Morgan fingerprint density at radius 3 is 2.71 bits per heavy atom. The van der Waals surface area contributed by atoms with E-state index in [4.69, 9.17) is 5.26 Å². The van der Waals surface area contributed by atoms with Crippen LogP contribution in [0.1, 0.15) is 21.7 Å². The smallest absolute Gasteiger partial charge is 0.278 e. The Morgan fingerprint density at radius 1 is 1.21 bits per heavy atom. The zero-order chi connectivity index (χ0) is 19.7. The Balaban J connectivity index is 1.69. The van der Waals surface area contributed by atoms with E-state index in [9.17, 15) is 4.79 Å². The second-order valence-electron chi connectivity index (χ2n) is 6.59. The number of nitrogens with zero attached hydrogens (tertiary/aromatic N) is 6. The van der Waals surface area contributed by atoms with Crippen molar-refractivity contribution in [2.75, 3.05) is 25.5 Å². The van der Waals surface area contributed by atoms with Crippen LogP contribution in [0.2, 0.25) is 0 Å². The van der Waals surface area contributed by atoms with Gasteiger partial charge in [0.15, 0.2) is 5.65 Å². The van der Waals surface area contributed by atoms with Crippen molar-refractivity contribution in [3.8, 4) is 6.07 Å². The Bertz CT molecular complexity index is 1150. The van der Waals surface area contributed by atoms with Gasteiger partial charge in [-0.15, -0.1) is 0 Å². The Kier molecular flexibility index (Phi) is 4.38. The number of aromatic nitrogens is 3. The first kappa shape index (κ1) is 17.5. The summed E-state index contributed by atoms with van der Waals surface area (Å²) in [5.41, 5.74) is 4.14. The van der Waals surface area contributed by atoms with E-state index in [2.05, 4.69) is 27.0 Å². The normalized spacial score (nSPS) is 13.3. The van der Waals surface area contributed by atoms with Gasteiger partial charge in [0.05, 0.1) is 29.7 Å². The second kappa shape index (κ2) is 7.00. The molecule has 0 unspecified atom stereocenters. The highest BCUT2D eigenvalue weighted by atomic mass is 16.2. The van der Waals surface area contributed by atoms with Gasteiger partial charge < -0.3 is 9.80 Å². The van der Waals surface area contributed by atoms with Gasteiger partial charge in [0, 0.05) is 44.3 Å². The number of fused-ring (bicyclic) bond motifs is 1. The van der Waals surface area contributed by atoms with Gasteiger partial charge in [0.2, 0.25) is 0 Å². The third kappa shape index (κ3) is 3.12. The SMILES string of the molecule is CN1C=C(c2cnc3cnc(C(=O)N(C)c4ccc(C#N)cc4)cn23)C=CC1. The van der Waals surface area contributed by atoms with E-state index in [0.29, 0.717) is 22.6 Å². The number of carbonyl (C=O) groups is 1. The molecule has 138 valence electrons. The van der Waals surface area contributed by atoms with Crippen LogP contribution in [0.15, 0.2) is 61.2 Å². The molecule has 3 heterocycles. The summed E-state index contributed by atoms with van der Waals surface area (Å²) >= 11 is 0. The van der Waals surface area contributed by atoms with Crippen LogP contribution < -0.4 is 4.90 Å². The first-order valence-corrected chi connectivity index (χ1v) is 8.77. The van der Waals surface area contributed by atoms with Crippen molar-refractivity contribution in [1.82, 2.24) is 19.3 Å². The maximum atomic E-state index is 12.9. The molecule has 3 aromatic rings. The lowest BCUT2D eigenvalue weighted by Crippen LogP contribution is -2.27. The van der Waals surface area contributed by atoms with Crippen LogP contribution in [0.4, 0.5) is 5.69 Å². The van der Waals surface area contributed by atoms with E-state index in [1.54, 1.807) is 49.9 Å². The Labute approximate surface area is 162 Å². The van der Waals surface area contributed by atoms with Crippen molar-refractivity contribution < 1.29 is 4.79 Å². The predicted octanol–water partition coefficient (Wildman–Crippen LogP) is 2.72. The molecule has 0 aliphatic carbocycles. The van der Waals surface area contributed by atoms with E-state index in [1.165, 1.54) is 4.90 Å². The van der Waals surface area contributed by atoms with Crippen LogP contribution in [0.3, 0.4) is 0 Å². The maximum absolute atomic E-state index is 12.9. The van der Waals surface area contributed by atoms with E-state index in [1.807, 2.05) is 23.7 Å². The van der Waals surface area contributed by atoms with Gasteiger partial charge in [-0.05, 0) is 24.3 Å². The third-order valence-corrected chi connectivity index (χ3v) is 4.65. The number of anilines is 1. The average Bonchev–Trinajstić information content (AvgIpc) is 3.16. The second-order valence-corrected chi connectivity index (χ2v) is 6.59. The number of carbonyl (C=O) groups excluding carboxylic acids is 1. The molecule has 1 aromatic carbocycles. The molecule has 0 radical (unpaired) electrons. The van der Waals surface area contributed by atoms with Gasteiger partial charge >= 0.3 is 0 Å². The van der Waals surface area contributed by atoms with Crippen LogP contribution in [0.25, 0.3) is 11.2 Å². The van der Waals surface area contributed by atoms with Gasteiger partial charge in [-0.3, -0.25) is 9.20 Å². The minimum Gasteiger partial charge on any atom is -0.376 e. The monoisotopic (exact) mass is 370 g/mol. The molecule has 2 aromatic heterocycles. The number of nitriles is 1. The van der Waals surface area contributed by atoms with Gasteiger partial charge in [-0.25, -0.2) is 9.97 Å². The molecule has 28 heavy (non-hydrogen) atoms. The first-order chi connectivity index (χ1) is 13.6. The summed E-state index contributed by atoms with van der Waals surface area (Å²) in [6, 6.07) is 8.92. The lowest BCUT2D eigenvalue weighted by Gasteiger charge is -2.18. The molecule has 0 bridgehead atoms. The molecule has 7 heteroatoms. The van der Waals surface area contributed by atoms with Crippen LogP contribution in [0.5, 0.6) is 0 Å². The zero-order valence-corrected chi connectivity index (χ0v) is 15.6. The third-order valence-electron chi connectivity index (χ3n) is 4.65. The summed E-state index contributed by atoms with van der Waals surface area (Å²) in [6.45, 7) is 0.862. The average molecular weight is 370 g/mol. The van der Waals surface area contributed by atoms with Gasteiger partial charge in [-0.2, -0.15) is 5.26 Å².